The second-order valence-corrected chi connectivity index (χ2v) is 3.58. The van der Waals surface area contributed by atoms with Crippen LogP contribution in [0.4, 0.5) is 4.39 Å². The topological polar surface area (TPSA) is 46.0 Å². The van der Waals surface area contributed by atoms with Gasteiger partial charge in [0.25, 0.3) is 0 Å². The fourth-order valence-electron chi connectivity index (χ4n) is 1.34. The standard InChI is InChI=1S/C11H8ClFN2O/c12-8-3-1-2-7(10(8)13)11(16)9-6-14-4-5-15-9/h1-6,11,16H. The minimum absolute atomic E-state index is 0.0274. The molecule has 1 unspecified atom stereocenters. The smallest absolute Gasteiger partial charge is 0.147 e. The van der Waals surface area contributed by atoms with Gasteiger partial charge in [-0.15, -0.1) is 0 Å². The van der Waals surface area contributed by atoms with E-state index in [1.807, 2.05) is 0 Å². The first-order valence-electron chi connectivity index (χ1n) is 4.58. The van der Waals surface area contributed by atoms with Gasteiger partial charge in [0.2, 0.25) is 0 Å². The van der Waals surface area contributed by atoms with Crippen LogP contribution >= 0.6 is 11.6 Å². The monoisotopic (exact) mass is 238 g/mol. The Morgan fingerprint density at radius 3 is 2.81 bits per heavy atom. The quantitative estimate of drug-likeness (QED) is 0.874. The zero-order valence-electron chi connectivity index (χ0n) is 8.14. The molecule has 3 nitrogen and oxygen atoms in total. The molecule has 1 aromatic carbocycles. The van der Waals surface area contributed by atoms with E-state index >= 15 is 0 Å². The molecule has 0 bridgehead atoms. The van der Waals surface area contributed by atoms with Gasteiger partial charge in [-0.3, -0.25) is 9.97 Å². The second kappa shape index (κ2) is 4.55. The lowest BCUT2D eigenvalue weighted by Gasteiger charge is -2.11. The lowest BCUT2D eigenvalue weighted by molar-refractivity contribution is 0.209. The summed E-state index contributed by atoms with van der Waals surface area (Å²) in [6.45, 7) is 0. The van der Waals surface area contributed by atoms with Gasteiger partial charge in [-0.1, -0.05) is 23.7 Å². The van der Waals surface area contributed by atoms with Crippen molar-refractivity contribution < 1.29 is 9.50 Å². The molecule has 2 rings (SSSR count). The molecular formula is C11H8ClFN2O. The minimum Gasteiger partial charge on any atom is -0.382 e. The molecule has 5 heteroatoms. The van der Waals surface area contributed by atoms with Crippen molar-refractivity contribution in [2.24, 2.45) is 0 Å². The molecule has 0 saturated heterocycles. The van der Waals surface area contributed by atoms with Crippen LogP contribution in [-0.4, -0.2) is 15.1 Å². The zero-order valence-corrected chi connectivity index (χ0v) is 8.89. The Kier molecular flexibility index (Phi) is 3.12. The van der Waals surface area contributed by atoms with Crippen LogP contribution < -0.4 is 0 Å². The Hall–Kier alpha value is -1.52. The summed E-state index contributed by atoms with van der Waals surface area (Å²) in [6, 6.07) is 4.45. The predicted octanol–water partition coefficient (Wildman–Crippen LogP) is 2.35. The summed E-state index contributed by atoms with van der Waals surface area (Å²) in [5.41, 5.74) is 0.372. The summed E-state index contributed by atoms with van der Waals surface area (Å²) in [6.07, 6.45) is 3.13. The maximum absolute atomic E-state index is 13.6. The molecule has 0 aliphatic rings. The Morgan fingerprint density at radius 2 is 2.12 bits per heavy atom. The molecule has 1 aromatic heterocycles. The average Bonchev–Trinajstić information content (AvgIpc) is 2.33. The van der Waals surface area contributed by atoms with Crippen molar-refractivity contribution in [1.82, 2.24) is 9.97 Å². The van der Waals surface area contributed by atoms with Gasteiger partial charge in [-0.05, 0) is 6.07 Å². The number of aliphatic hydroxyl groups is 1. The van der Waals surface area contributed by atoms with Crippen molar-refractivity contribution in [3.8, 4) is 0 Å². The van der Waals surface area contributed by atoms with E-state index in [0.717, 1.165) is 0 Å². The number of nitrogens with zero attached hydrogens (tertiary/aromatic N) is 2. The Morgan fingerprint density at radius 1 is 1.31 bits per heavy atom. The summed E-state index contributed by atoms with van der Waals surface area (Å²) in [7, 11) is 0. The van der Waals surface area contributed by atoms with E-state index < -0.39 is 11.9 Å². The van der Waals surface area contributed by atoms with E-state index in [4.69, 9.17) is 11.6 Å². The van der Waals surface area contributed by atoms with Crippen LogP contribution in [-0.2, 0) is 0 Å². The van der Waals surface area contributed by atoms with E-state index in [2.05, 4.69) is 9.97 Å². The van der Waals surface area contributed by atoms with Crippen molar-refractivity contribution in [2.75, 3.05) is 0 Å². The largest absolute Gasteiger partial charge is 0.382 e. The van der Waals surface area contributed by atoms with Crippen molar-refractivity contribution in [2.45, 2.75) is 6.10 Å². The maximum atomic E-state index is 13.6. The van der Waals surface area contributed by atoms with Crippen LogP contribution in [0.3, 0.4) is 0 Å². The van der Waals surface area contributed by atoms with Gasteiger partial charge in [0.05, 0.1) is 16.9 Å². The van der Waals surface area contributed by atoms with E-state index in [9.17, 15) is 9.50 Å². The Bertz CT molecular complexity index is 493. The molecule has 2 aromatic rings. The molecule has 0 radical (unpaired) electrons. The molecule has 0 aliphatic heterocycles. The third kappa shape index (κ3) is 2.03. The predicted molar refractivity (Wildman–Crippen MR) is 57.5 cm³/mol. The summed E-state index contributed by atoms with van der Waals surface area (Å²) in [5.74, 6) is -0.637. The molecule has 0 fully saturated rings. The molecule has 0 saturated carbocycles. The first kappa shape index (κ1) is 11.0. The number of rotatable bonds is 2. The van der Waals surface area contributed by atoms with Gasteiger partial charge >= 0.3 is 0 Å². The van der Waals surface area contributed by atoms with Crippen molar-refractivity contribution >= 4 is 11.6 Å². The van der Waals surface area contributed by atoms with Gasteiger partial charge in [0.1, 0.15) is 11.9 Å². The highest BCUT2D eigenvalue weighted by Gasteiger charge is 2.17. The average molecular weight is 239 g/mol. The fourth-order valence-corrected chi connectivity index (χ4v) is 1.52. The number of aliphatic hydroxyl groups excluding tert-OH is 1. The number of benzene rings is 1. The first-order chi connectivity index (χ1) is 7.70. The van der Waals surface area contributed by atoms with Crippen LogP contribution in [0.1, 0.15) is 17.4 Å². The van der Waals surface area contributed by atoms with Gasteiger partial charge in [0, 0.05) is 18.0 Å². The number of hydrogen-bond acceptors (Lipinski definition) is 3. The molecular weight excluding hydrogens is 231 g/mol. The highest BCUT2D eigenvalue weighted by molar-refractivity contribution is 6.30. The minimum atomic E-state index is -1.16. The fraction of sp³-hybridized carbons (Fsp3) is 0.0909. The molecule has 0 aliphatic carbocycles. The molecule has 1 atom stereocenters. The molecule has 0 spiro atoms. The Balaban J connectivity index is 2.42. The highest BCUT2D eigenvalue weighted by Crippen LogP contribution is 2.26. The van der Waals surface area contributed by atoms with Gasteiger partial charge in [0.15, 0.2) is 0 Å². The third-order valence-corrected chi connectivity index (χ3v) is 2.43. The van der Waals surface area contributed by atoms with Gasteiger partial charge < -0.3 is 5.11 Å². The highest BCUT2D eigenvalue weighted by atomic mass is 35.5. The van der Waals surface area contributed by atoms with E-state index in [1.54, 1.807) is 6.07 Å². The third-order valence-electron chi connectivity index (χ3n) is 2.14. The summed E-state index contributed by atoms with van der Waals surface area (Å²) in [5, 5.41) is 9.87. The van der Waals surface area contributed by atoms with Crippen LogP contribution in [0, 0.1) is 5.82 Å². The summed E-state index contributed by atoms with van der Waals surface area (Å²) >= 11 is 5.62. The van der Waals surface area contributed by atoms with E-state index in [1.165, 1.54) is 30.7 Å². The normalized spacial score (nSPS) is 12.4. The zero-order chi connectivity index (χ0) is 11.5. The van der Waals surface area contributed by atoms with Crippen molar-refractivity contribution in [1.29, 1.82) is 0 Å². The lowest BCUT2D eigenvalue weighted by atomic mass is 10.1. The Labute approximate surface area is 96.6 Å². The maximum Gasteiger partial charge on any atom is 0.147 e. The number of halogens is 2. The van der Waals surface area contributed by atoms with Crippen molar-refractivity contribution in [3.63, 3.8) is 0 Å². The van der Waals surface area contributed by atoms with Gasteiger partial charge in [-0.25, -0.2) is 4.39 Å². The SMILES string of the molecule is OC(c1cnccn1)c1cccc(Cl)c1F. The second-order valence-electron chi connectivity index (χ2n) is 3.18. The molecule has 0 amide bonds. The van der Waals surface area contributed by atoms with Crippen LogP contribution in [0.15, 0.2) is 36.8 Å². The number of aromatic nitrogens is 2. The van der Waals surface area contributed by atoms with Gasteiger partial charge in [-0.2, -0.15) is 0 Å². The summed E-state index contributed by atoms with van der Waals surface area (Å²) < 4.78 is 13.6. The van der Waals surface area contributed by atoms with E-state index in [-0.39, 0.29) is 16.3 Å². The molecule has 1 heterocycles. The van der Waals surface area contributed by atoms with Crippen LogP contribution in [0.25, 0.3) is 0 Å². The first-order valence-corrected chi connectivity index (χ1v) is 4.96. The molecule has 1 N–H and O–H groups in total. The molecule has 82 valence electrons. The lowest BCUT2D eigenvalue weighted by Crippen LogP contribution is -2.05. The van der Waals surface area contributed by atoms with Crippen molar-refractivity contribution in [3.05, 3.63) is 58.9 Å². The van der Waals surface area contributed by atoms with Crippen LogP contribution in [0.5, 0.6) is 0 Å². The van der Waals surface area contributed by atoms with Crippen LogP contribution in [0.2, 0.25) is 5.02 Å². The van der Waals surface area contributed by atoms with E-state index in [0.29, 0.717) is 0 Å². The number of hydrogen-bond donors (Lipinski definition) is 1. The molecule has 16 heavy (non-hydrogen) atoms. The summed E-state index contributed by atoms with van der Waals surface area (Å²) in [4.78, 5) is 7.71.